The van der Waals surface area contributed by atoms with E-state index in [1.54, 1.807) is 0 Å². The molecule has 0 saturated carbocycles. The maximum absolute atomic E-state index is 6.16. The van der Waals surface area contributed by atoms with E-state index >= 15 is 0 Å². The fourth-order valence-electron chi connectivity index (χ4n) is 3.08. The third-order valence-corrected chi connectivity index (χ3v) is 4.47. The number of nitrogens with one attached hydrogen (secondary N) is 1. The molecule has 2 saturated heterocycles. The summed E-state index contributed by atoms with van der Waals surface area (Å²) >= 11 is 0. The first-order chi connectivity index (χ1) is 10.8. The molecule has 2 heterocycles. The van der Waals surface area contributed by atoms with Gasteiger partial charge in [-0.3, -0.25) is 4.90 Å². The molecule has 0 unspecified atom stereocenters. The largest absolute Gasteiger partial charge is 0.490 e. The van der Waals surface area contributed by atoms with Crippen LogP contribution in [0.15, 0.2) is 24.3 Å². The fourth-order valence-corrected chi connectivity index (χ4v) is 3.08. The second kappa shape index (κ2) is 7.81. The quantitative estimate of drug-likeness (QED) is 0.884. The van der Waals surface area contributed by atoms with Crippen LogP contribution in [-0.4, -0.2) is 70.0 Å². The summed E-state index contributed by atoms with van der Waals surface area (Å²) in [6.07, 6.45) is 0. The highest BCUT2D eigenvalue weighted by Gasteiger charge is 2.19. The van der Waals surface area contributed by atoms with E-state index in [0.717, 1.165) is 64.8 Å². The van der Waals surface area contributed by atoms with Gasteiger partial charge >= 0.3 is 0 Å². The van der Waals surface area contributed by atoms with Crippen molar-refractivity contribution in [3.8, 4) is 5.75 Å². The van der Waals surface area contributed by atoms with Crippen LogP contribution >= 0.6 is 0 Å². The number of para-hydroxylation sites is 2. The van der Waals surface area contributed by atoms with Gasteiger partial charge in [0.25, 0.3) is 0 Å². The number of piperazine rings is 1. The molecule has 5 heteroatoms. The lowest BCUT2D eigenvalue weighted by Crippen LogP contribution is -2.45. The van der Waals surface area contributed by atoms with Crippen LogP contribution in [0.25, 0.3) is 0 Å². The van der Waals surface area contributed by atoms with E-state index in [2.05, 4.69) is 46.3 Å². The Morgan fingerprint density at radius 1 is 1.14 bits per heavy atom. The molecule has 0 radical (unpaired) electrons. The number of anilines is 1. The highest BCUT2D eigenvalue weighted by atomic mass is 16.5. The van der Waals surface area contributed by atoms with Gasteiger partial charge in [-0.1, -0.05) is 12.1 Å². The van der Waals surface area contributed by atoms with Crippen molar-refractivity contribution >= 4 is 5.69 Å². The topological polar surface area (TPSA) is 37.0 Å². The van der Waals surface area contributed by atoms with Crippen LogP contribution in [0.3, 0.4) is 0 Å². The van der Waals surface area contributed by atoms with E-state index < -0.39 is 0 Å². The second-order valence-electron chi connectivity index (χ2n) is 6.01. The molecule has 5 nitrogen and oxygen atoms in total. The van der Waals surface area contributed by atoms with Crippen molar-refractivity contribution in [2.75, 3.05) is 64.0 Å². The Bertz CT molecular complexity index is 457. The van der Waals surface area contributed by atoms with Crippen molar-refractivity contribution in [3.05, 3.63) is 24.3 Å². The van der Waals surface area contributed by atoms with Gasteiger partial charge in [-0.2, -0.15) is 0 Å². The minimum absolute atomic E-state index is 0.417. The van der Waals surface area contributed by atoms with Crippen LogP contribution in [0.1, 0.15) is 6.92 Å². The van der Waals surface area contributed by atoms with E-state index in [-0.39, 0.29) is 0 Å². The number of benzene rings is 1. The fraction of sp³-hybridized carbons (Fsp3) is 0.647. The Morgan fingerprint density at radius 3 is 2.64 bits per heavy atom. The third kappa shape index (κ3) is 3.91. The molecule has 2 aliphatic rings. The van der Waals surface area contributed by atoms with E-state index in [0.29, 0.717) is 6.04 Å². The molecule has 3 rings (SSSR count). The zero-order chi connectivity index (χ0) is 15.2. The molecule has 1 aromatic rings. The van der Waals surface area contributed by atoms with Crippen molar-refractivity contribution < 1.29 is 9.47 Å². The van der Waals surface area contributed by atoms with Gasteiger partial charge in [0.05, 0.1) is 18.9 Å². The first kappa shape index (κ1) is 15.6. The predicted molar refractivity (Wildman–Crippen MR) is 88.9 cm³/mol. The van der Waals surface area contributed by atoms with Crippen molar-refractivity contribution in [2.24, 2.45) is 0 Å². The lowest BCUT2D eigenvalue weighted by atomic mass is 10.2. The van der Waals surface area contributed by atoms with Crippen molar-refractivity contribution in [2.45, 2.75) is 13.0 Å². The number of hydrogen-bond acceptors (Lipinski definition) is 5. The van der Waals surface area contributed by atoms with Gasteiger partial charge in [-0.15, -0.1) is 0 Å². The van der Waals surface area contributed by atoms with Gasteiger partial charge < -0.3 is 19.7 Å². The van der Waals surface area contributed by atoms with Crippen LogP contribution in [0.4, 0.5) is 5.69 Å². The average molecular weight is 305 g/mol. The summed E-state index contributed by atoms with van der Waals surface area (Å²) in [6, 6.07) is 8.82. The first-order valence-corrected chi connectivity index (χ1v) is 8.34. The van der Waals surface area contributed by atoms with E-state index in [4.69, 9.17) is 9.47 Å². The summed E-state index contributed by atoms with van der Waals surface area (Å²) in [5.74, 6) is 1.00. The van der Waals surface area contributed by atoms with Crippen molar-refractivity contribution in [1.29, 1.82) is 0 Å². The Morgan fingerprint density at radius 2 is 1.86 bits per heavy atom. The zero-order valence-corrected chi connectivity index (χ0v) is 13.5. The van der Waals surface area contributed by atoms with Crippen LogP contribution in [0, 0.1) is 0 Å². The van der Waals surface area contributed by atoms with Gasteiger partial charge in [-0.25, -0.2) is 0 Å². The molecule has 0 aliphatic carbocycles. The SMILES string of the molecule is C[C@H](COc1ccccc1N1CCNCC1)N1CCOCC1. The summed E-state index contributed by atoms with van der Waals surface area (Å²) in [7, 11) is 0. The normalized spacial score (nSPS) is 21.6. The van der Waals surface area contributed by atoms with Crippen molar-refractivity contribution in [1.82, 2.24) is 10.2 Å². The highest BCUT2D eigenvalue weighted by molar-refractivity contribution is 5.58. The van der Waals surface area contributed by atoms with Crippen molar-refractivity contribution in [3.63, 3.8) is 0 Å². The number of ether oxygens (including phenoxy) is 2. The lowest BCUT2D eigenvalue weighted by molar-refractivity contribution is 0.0105. The number of rotatable bonds is 5. The van der Waals surface area contributed by atoms with Gasteiger partial charge in [0.2, 0.25) is 0 Å². The maximum atomic E-state index is 6.16. The summed E-state index contributed by atoms with van der Waals surface area (Å²) in [4.78, 5) is 4.85. The molecule has 1 aromatic carbocycles. The van der Waals surface area contributed by atoms with E-state index in [1.807, 2.05) is 0 Å². The predicted octanol–water partition coefficient (Wildman–Crippen LogP) is 1.20. The second-order valence-corrected chi connectivity index (χ2v) is 6.01. The summed E-state index contributed by atoms with van der Waals surface area (Å²) in [6.45, 7) is 10.8. The molecule has 122 valence electrons. The Balaban J connectivity index is 1.59. The summed E-state index contributed by atoms with van der Waals surface area (Å²) in [5, 5.41) is 3.40. The summed E-state index contributed by atoms with van der Waals surface area (Å²) in [5.41, 5.74) is 1.22. The Kier molecular flexibility index (Phi) is 5.53. The number of hydrogen-bond donors (Lipinski definition) is 1. The third-order valence-electron chi connectivity index (χ3n) is 4.47. The minimum Gasteiger partial charge on any atom is -0.490 e. The number of morpholine rings is 1. The molecular weight excluding hydrogens is 278 g/mol. The molecule has 22 heavy (non-hydrogen) atoms. The molecule has 1 N–H and O–H groups in total. The van der Waals surface area contributed by atoms with Gasteiger partial charge in [0.1, 0.15) is 12.4 Å². The Hall–Kier alpha value is -1.30. The van der Waals surface area contributed by atoms with Gasteiger partial charge in [0, 0.05) is 45.3 Å². The van der Waals surface area contributed by atoms with Crippen LogP contribution in [0.5, 0.6) is 5.75 Å². The number of nitrogens with zero attached hydrogens (tertiary/aromatic N) is 2. The molecule has 2 aliphatic heterocycles. The van der Waals surface area contributed by atoms with Crippen LogP contribution < -0.4 is 15.0 Å². The van der Waals surface area contributed by atoms with Crippen LogP contribution in [0.2, 0.25) is 0 Å². The molecule has 0 spiro atoms. The maximum Gasteiger partial charge on any atom is 0.142 e. The smallest absolute Gasteiger partial charge is 0.142 e. The molecule has 1 atom stereocenters. The summed E-state index contributed by atoms with van der Waals surface area (Å²) < 4.78 is 11.6. The van der Waals surface area contributed by atoms with Gasteiger partial charge in [0.15, 0.2) is 0 Å². The molecule has 0 aromatic heterocycles. The molecule has 0 bridgehead atoms. The van der Waals surface area contributed by atoms with E-state index in [1.165, 1.54) is 5.69 Å². The minimum atomic E-state index is 0.417. The average Bonchev–Trinajstić information content (AvgIpc) is 2.61. The highest BCUT2D eigenvalue weighted by Crippen LogP contribution is 2.28. The lowest BCUT2D eigenvalue weighted by Gasteiger charge is -2.33. The standard InChI is InChI=1S/C17H27N3O2/c1-15(19-10-12-21-13-11-19)14-22-17-5-3-2-4-16(17)20-8-6-18-7-9-20/h2-5,15,18H,6-14H2,1H3/t15-/m1/s1. The monoisotopic (exact) mass is 305 g/mol. The first-order valence-electron chi connectivity index (χ1n) is 8.34. The van der Waals surface area contributed by atoms with E-state index in [9.17, 15) is 0 Å². The molecule has 0 amide bonds. The van der Waals surface area contributed by atoms with Crippen LogP contribution in [-0.2, 0) is 4.74 Å². The molecular formula is C17H27N3O2. The van der Waals surface area contributed by atoms with Gasteiger partial charge in [-0.05, 0) is 19.1 Å². The zero-order valence-electron chi connectivity index (χ0n) is 13.5. The molecule has 2 fully saturated rings. The Labute approximate surface area is 133 Å².